The predicted molar refractivity (Wildman–Crippen MR) is 73.5 cm³/mol. The number of nitrogens with zero attached hydrogens (tertiary/aromatic N) is 2. The van der Waals surface area contributed by atoms with Crippen molar-refractivity contribution in [3.05, 3.63) is 29.8 Å². The molecule has 0 aliphatic heterocycles. The van der Waals surface area contributed by atoms with Gasteiger partial charge in [-0.05, 0) is 51.7 Å². The molecule has 0 heterocycles. The van der Waals surface area contributed by atoms with E-state index >= 15 is 0 Å². The number of hydrogen-bond acceptors (Lipinski definition) is 3. The lowest BCUT2D eigenvalue weighted by atomic mass is 10.1. The molecule has 1 aromatic rings. The van der Waals surface area contributed by atoms with Gasteiger partial charge in [-0.15, -0.1) is 0 Å². The van der Waals surface area contributed by atoms with Crippen molar-refractivity contribution in [3.8, 4) is 0 Å². The van der Waals surface area contributed by atoms with Crippen LogP contribution in [0.25, 0.3) is 0 Å². The van der Waals surface area contributed by atoms with Crippen LogP contribution in [0.4, 0.5) is 5.69 Å². The zero-order valence-electron chi connectivity index (χ0n) is 11.3. The highest BCUT2D eigenvalue weighted by molar-refractivity contribution is 5.47. The van der Waals surface area contributed by atoms with E-state index in [9.17, 15) is 5.11 Å². The van der Waals surface area contributed by atoms with E-state index in [-0.39, 0.29) is 6.10 Å². The minimum atomic E-state index is -0.386. The zero-order valence-corrected chi connectivity index (χ0v) is 11.3. The Hall–Kier alpha value is -1.06. The summed E-state index contributed by atoms with van der Waals surface area (Å²) in [5.74, 6) is 0. The van der Waals surface area contributed by atoms with Crippen molar-refractivity contribution in [3.63, 3.8) is 0 Å². The molecule has 0 aliphatic rings. The second kappa shape index (κ2) is 6.62. The van der Waals surface area contributed by atoms with Crippen LogP contribution in [-0.4, -0.2) is 44.2 Å². The Morgan fingerprint density at radius 1 is 1.06 bits per heavy atom. The van der Waals surface area contributed by atoms with Gasteiger partial charge in [-0.25, -0.2) is 0 Å². The third-order valence-electron chi connectivity index (χ3n) is 2.92. The Balaban J connectivity index is 2.48. The van der Waals surface area contributed by atoms with Crippen molar-refractivity contribution >= 4 is 5.69 Å². The molecule has 0 fully saturated rings. The van der Waals surface area contributed by atoms with Gasteiger partial charge < -0.3 is 14.9 Å². The minimum Gasteiger partial charge on any atom is -0.389 e. The first-order valence-electron chi connectivity index (χ1n) is 6.14. The van der Waals surface area contributed by atoms with E-state index in [2.05, 4.69) is 43.1 Å². The predicted octanol–water partition coefficient (Wildman–Crippen LogP) is 2.13. The van der Waals surface area contributed by atoms with Crippen LogP contribution in [-0.2, 0) is 0 Å². The summed E-state index contributed by atoms with van der Waals surface area (Å²) in [5.41, 5.74) is 2.17. The van der Waals surface area contributed by atoms with E-state index in [4.69, 9.17) is 0 Å². The summed E-state index contributed by atoms with van der Waals surface area (Å²) in [5, 5.41) is 9.44. The van der Waals surface area contributed by atoms with Crippen molar-refractivity contribution in [2.45, 2.75) is 19.4 Å². The van der Waals surface area contributed by atoms with Crippen molar-refractivity contribution in [2.75, 3.05) is 39.1 Å². The Kier molecular flexibility index (Phi) is 5.45. The van der Waals surface area contributed by atoms with Crippen LogP contribution >= 0.6 is 0 Å². The maximum absolute atomic E-state index is 9.44. The third kappa shape index (κ3) is 4.75. The molecule has 1 aromatic carbocycles. The maximum Gasteiger partial charge on any atom is 0.0761 e. The van der Waals surface area contributed by atoms with Crippen LogP contribution < -0.4 is 4.90 Å². The van der Waals surface area contributed by atoms with Crippen molar-refractivity contribution in [1.82, 2.24) is 4.90 Å². The maximum atomic E-state index is 9.44. The van der Waals surface area contributed by atoms with E-state index < -0.39 is 0 Å². The number of benzene rings is 1. The lowest BCUT2D eigenvalue weighted by Gasteiger charge is -2.21. The van der Waals surface area contributed by atoms with Crippen molar-refractivity contribution in [1.29, 1.82) is 0 Å². The fraction of sp³-hybridized carbons (Fsp3) is 0.571. The second-order valence-electron chi connectivity index (χ2n) is 4.85. The van der Waals surface area contributed by atoms with Gasteiger partial charge in [0, 0.05) is 19.3 Å². The highest BCUT2D eigenvalue weighted by atomic mass is 16.3. The van der Waals surface area contributed by atoms with Crippen LogP contribution in [0.3, 0.4) is 0 Å². The van der Waals surface area contributed by atoms with Crippen LogP contribution in [0.5, 0.6) is 0 Å². The largest absolute Gasteiger partial charge is 0.389 e. The van der Waals surface area contributed by atoms with E-state index in [1.54, 1.807) is 6.92 Å². The molecule has 3 nitrogen and oxygen atoms in total. The SMILES string of the molecule is C[C@H](O)c1ccc(N(C)CCCN(C)C)cc1. The summed E-state index contributed by atoms with van der Waals surface area (Å²) in [6.45, 7) is 3.94. The smallest absolute Gasteiger partial charge is 0.0761 e. The fourth-order valence-electron chi connectivity index (χ4n) is 1.76. The number of aliphatic hydroxyl groups excluding tert-OH is 1. The third-order valence-corrected chi connectivity index (χ3v) is 2.92. The van der Waals surface area contributed by atoms with Gasteiger partial charge in [0.2, 0.25) is 0 Å². The number of anilines is 1. The Labute approximate surface area is 105 Å². The van der Waals surface area contributed by atoms with Gasteiger partial charge in [-0.3, -0.25) is 0 Å². The molecule has 0 radical (unpaired) electrons. The Bertz CT molecular complexity index is 319. The highest BCUT2D eigenvalue weighted by Crippen LogP contribution is 2.18. The molecule has 0 bridgehead atoms. The molecule has 0 aromatic heterocycles. The minimum absolute atomic E-state index is 0.386. The van der Waals surface area contributed by atoms with E-state index in [1.165, 1.54) is 5.69 Å². The first kappa shape index (κ1) is 14.0. The van der Waals surface area contributed by atoms with Gasteiger partial charge in [-0.2, -0.15) is 0 Å². The molecule has 0 saturated carbocycles. The number of hydrogen-bond donors (Lipinski definition) is 1. The lowest BCUT2D eigenvalue weighted by molar-refractivity contribution is 0.199. The molecule has 3 heteroatoms. The molecule has 0 spiro atoms. The van der Waals surface area contributed by atoms with Crippen molar-refractivity contribution < 1.29 is 5.11 Å². The molecule has 1 N–H and O–H groups in total. The standard InChI is InChI=1S/C14H24N2O/c1-12(17)13-6-8-14(9-7-13)16(4)11-5-10-15(2)3/h6-9,12,17H,5,10-11H2,1-4H3/t12-/m0/s1. The normalized spacial score (nSPS) is 12.8. The Morgan fingerprint density at radius 3 is 2.12 bits per heavy atom. The zero-order chi connectivity index (χ0) is 12.8. The average molecular weight is 236 g/mol. The van der Waals surface area contributed by atoms with Gasteiger partial charge in [0.25, 0.3) is 0 Å². The van der Waals surface area contributed by atoms with Gasteiger partial charge in [0.1, 0.15) is 0 Å². The summed E-state index contributed by atoms with van der Waals surface area (Å²) >= 11 is 0. The van der Waals surface area contributed by atoms with Gasteiger partial charge in [0.15, 0.2) is 0 Å². The monoisotopic (exact) mass is 236 g/mol. The summed E-state index contributed by atoms with van der Waals surface area (Å²) in [4.78, 5) is 4.44. The average Bonchev–Trinajstić information content (AvgIpc) is 2.28. The highest BCUT2D eigenvalue weighted by Gasteiger charge is 2.03. The Morgan fingerprint density at radius 2 is 1.65 bits per heavy atom. The summed E-state index contributed by atoms with van der Waals surface area (Å²) in [7, 11) is 6.29. The molecule has 0 amide bonds. The topological polar surface area (TPSA) is 26.7 Å². The molecule has 0 unspecified atom stereocenters. The van der Waals surface area contributed by atoms with Crippen LogP contribution in [0.15, 0.2) is 24.3 Å². The quantitative estimate of drug-likeness (QED) is 0.819. The van der Waals surface area contributed by atoms with E-state index in [0.29, 0.717) is 0 Å². The summed E-state index contributed by atoms with van der Waals surface area (Å²) in [6, 6.07) is 8.11. The van der Waals surface area contributed by atoms with Crippen molar-refractivity contribution in [2.24, 2.45) is 0 Å². The second-order valence-corrected chi connectivity index (χ2v) is 4.85. The van der Waals surface area contributed by atoms with E-state index in [1.807, 2.05) is 12.1 Å². The lowest BCUT2D eigenvalue weighted by Crippen LogP contribution is -2.23. The molecular formula is C14H24N2O. The van der Waals surface area contributed by atoms with E-state index in [0.717, 1.165) is 25.1 Å². The summed E-state index contributed by atoms with van der Waals surface area (Å²) < 4.78 is 0. The van der Waals surface area contributed by atoms with Crippen LogP contribution in [0, 0.1) is 0 Å². The van der Waals surface area contributed by atoms with Crippen LogP contribution in [0.2, 0.25) is 0 Å². The van der Waals surface area contributed by atoms with Gasteiger partial charge >= 0.3 is 0 Å². The van der Waals surface area contributed by atoms with Gasteiger partial charge in [-0.1, -0.05) is 12.1 Å². The van der Waals surface area contributed by atoms with Gasteiger partial charge in [0.05, 0.1) is 6.10 Å². The summed E-state index contributed by atoms with van der Waals surface area (Å²) in [6.07, 6.45) is 0.768. The number of aliphatic hydroxyl groups is 1. The molecular weight excluding hydrogens is 212 g/mol. The molecule has 0 aliphatic carbocycles. The molecule has 96 valence electrons. The fourth-order valence-corrected chi connectivity index (χ4v) is 1.76. The van der Waals surface area contributed by atoms with Crippen LogP contribution in [0.1, 0.15) is 25.0 Å². The first-order chi connectivity index (χ1) is 8.00. The molecule has 17 heavy (non-hydrogen) atoms. The molecule has 1 atom stereocenters. The number of rotatable bonds is 6. The molecule has 1 rings (SSSR count). The first-order valence-corrected chi connectivity index (χ1v) is 6.14. The molecule has 0 saturated heterocycles.